The first kappa shape index (κ1) is 15.1. The molecule has 2 rings (SSSR count). The molecular formula is C15H8BrCl2NO. The second-order valence-corrected chi connectivity index (χ2v) is 5.86. The Morgan fingerprint density at radius 1 is 1.15 bits per heavy atom. The molecule has 0 saturated carbocycles. The Morgan fingerprint density at radius 2 is 1.80 bits per heavy atom. The summed E-state index contributed by atoms with van der Waals surface area (Å²) in [5.41, 5.74) is 0.928. The zero-order valence-corrected chi connectivity index (χ0v) is 13.2. The highest BCUT2D eigenvalue weighted by molar-refractivity contribution is 9.10. The zero-order valence-electron chi connectivity index (χ0n) is 10.1. The number of benzene rings is 2. The van der Waals surface area contributed by atoms with Crippen LogP contribution in [0.5, 0.6) is 0 Å². The van der Waals surface area contributed by atoms with E-state index in [1.54, 1.807) is 30.3 Å². The summed E-state index contributed by atoms with van der Waals surface area (Å²) >= 11 is 15.1. The number of carbonyl (C=O) groups excluding carboxylic acids is 1. The lowest BCUT2D eigenvalue weighted by molar-refractivity contribution is 0.0979. The van der Waals surface area contributed by atoms with Gasteiger partial charge in [-0.25, -0.2) is 0 Å². The van der Waals surface area contributed by atoms with E-state index >= 15 is 0 Å². The Kier molecular flexibility index (Phi) is 4.82. The fraction of sp³-hybridized carbons (Fsp3) is 0.0667. The molecule has 5 heteroatoms. The molecule has 0 amide bonds. The first-order valence-corrected chi connectivity index (χ1v) is 7.22. The first-order valence-electron chi connectivity index (χ1n) is 5.67. The van der Waals surface area contributed by atoms with Gasteiger partial charge in [0.15, 0.2) is 5.78 Å². The minimum atomic E-state index is -0.887. The molecule has 0 aliphatic rings. The highest BCUT2D eigenvalue weighted by Gasteiger charge is 2.23. The van der Waals surface area contributed by atoms with Crippen molar-refractivity contribution in [2.45, 2.75) is 5.92 Å². The van der Waals surface area contributed by atoms with E-state index in [1.807, 2.05) is 6.07 Å². The van der Waals surface area contributed by atoms with E-state index in [1.165, 1.54) is 12.1 Å². The molecule has 0 aromatic heterocycles. The second kappa shape index (κ2) is 6.41. The van der Waals surface area contributed by atoms with E-state index in [2.05, 4.69) is 15.9 Å². The predicted octanol–water partition coefficient (Wildman–Crippen LogP) is 5.25. The summed E-state index contributed by atoms with van der Waals surface area (Å²) in [5, 5.41) is 9.97. The Bertz CT molecular complexity index is 692. The summed E-state index contributed by atoms with van der Waals surface area (Å²) in [5.74, 6) is -1.22. The lowest BCUT2D eigenvalue weighted by Crippen LogP contribution is -2.11. The summed E-state index contributed by atoms with van der Waals surface area (Å²) in [6.07, 6.45) is 0. The van der Waals surface area contributed by atoms with E-state index in [-0.39, 0.29) is 10.8 Å². The predicted molar refractivity (Wildman–Crippen MR) is 83.3 cm³/mol. The quantitative estimate of drug-likeness (QED) is 0.694. The minimum Gasteiger partial charge on any atom is -0.292 e. The molecule has 0 heterocycles. The molecule has 0 radical (unpaired) electrons. The standard InChI is InChI=1S/C15H8BrCl2NO/c16-10-3-1-9(2-4-10)13(8-19)15(20)12-6-5-11(17)7-14(12)18/h1-7,13H. The number of hydrogen-bond acceptors (Lipinski definition) is 2. The van der Waals surface area contributed by atoms with Crippen LogP contribution in [0, 0.1) is 11.3 Å². The van der Waals surface area contributed by atoms with Gasteiger partial charge < -0.3 is 0 Å². The SMILES string of the molecule is N#CC(C(=O)c1ccc(Cl)cc1Cl)c1ccc(Br)cc1. The second-order valence-electron chi connectivity index (χ2n) is 4.10. The molecule has 1 unspecified atom stereocenters. The van der Waals surface area contributed by atoms with Crippen molar-refractivity contribution in [2.75, 3.05) is 0 Å². The topological polar surface area (TPSA) is 40.9 Å². The number of hydrogen-bond donors (Lipinski definition) is 0. The number of halogens is 3. The number of nitrogens with zero attached hydrogens (tertiary/aromatic N) is 1. The van der Waals surface area contributed by atoms with Crippen molar-refractivity contribution < 1.29 is 4.79 Å². The normalized spacial score (nSPS) is 11.7. The third-order valence-electron chi connectivity index (χ3n) is 2.79. The van der Waals surface area contributed by atoms with Crippen LogP contribution in [0.15, 0.2) is 46.9 Å². The molecule has 1 atom stereocenters. The average molecular weight is 369 g/mol. The average Bonchev–Trinajstić information content (AvgIpc) is 2.41. The molecule has 2 nitrogen and oxygen atoms in total. The minimum absolute atomic E-state index is 0.250. The van der Waals surface area contributed by atoms with Gasteiger partial charge in [-0.3, -0.25) is 4.79 Å². The van der Waals surface area contributed by atoms with Gasteiger partial charge in [-0.15, -0.1) is 0 Å². The van der Waals surface area contributed by atoms with Gasteiger partial charge in [-0.1, -0.05) is 51.3 Å². The van der Waals surface area contributed by atoms with Crippen molar-refractivity contribution in [3.8, 4) is 6.07 Å². The molecular weight excluding hydrogens is 361 g/mol. The largest absolute Gasteiger partial charge is 0.292 e. The molecule has 0 N–H and O–H groups in total. The first-order chi connectivity index (χ1) is 9.52. The number of ketones is 1. The van der Waals surface area contributed by atoms with Crippen LogP contribution in [0.25, 0.3) is 0 Å². The van der Waals surface area contributed by atoms with Crippen molar-refractivity contribution in [3.05, 3.63) is 68.1 Å². The monoisotopic (exact) mass is 367 g/mol. The van der Waals surface area contributed by atoms with Gasteiger partial charge in [-0.2, -0.15) is 5.26 Å². The van der Waals surface area contributed by atoms with Crippen LogP contribution >= 0.6 is 39.1 Å². The Labute approximate surface area is 135 Å². The van der Waals surface area contributed by atoms with Crippen LogP contribution in [0.3, 0.4) is 0 Å². The van der Waals surface area contributed by atoms with Crippen LogP contribution in [0.4, 0.5) is 0 Å². The maximum absolute atomic E-state index is 12.4. The van der Waals surface area contributed by atoms with Gasteiger partial charge in [0.1, 0.15) is 5.92 Å². The van der Waals surface area contributed by atoms with Crippen LogP contribution < -0.4 is 0 Å². The van der Waals surface area contributed by atoms with Crippen molar-refractivity contribution in [2.24, 2.45) is 0 Å². The molecule has 20 heavy (non-hydrogen) atoms. The van der Waals surface area contributed by atoms with Crippen molar-refractivity contribution in [1.82, 2.24) is 0 Å². The Balaban J connectivity index is 2.39. The number of rotatable bonds is 3. The summed E-state index contributed by atoms with van der Waals surface area (Å²) in [4.78, 5) is 12.4. The van der Waals surface area contributed by atoms with E-state index in [9.17, 15) is 10.1 Å². The Morgan fingerprint density at radius 3 is 2.35 bits per heavy atom. The number of nitriles is 1. The van der Waals surface area contributed by atoms with Gasteiger partial charge >= 0.3 is 0 Å². The lowest BCUT2D eigenvalue weighted by atomic mass is 9.92. The number of Topliss-reactive ketones (excluding diaryl/α,β-unsaturated/α-hetero) is 1. The molecule has 2 aromatic carbocycles. The van der Waals surface area contributed by atoms with E-state index in [0.717, 1.165) is 4.47 Å². The fourth-order valence-electron chi connectivity index (χ4n) is 1.78. The van der Waals surface area contributed by atoms with Crippen LogP contribution in [0.2, 0.25) is 10.0 Å². The van der Waals surface area contributed by atoms with Crippen molar-refractivity contribution in [3.63, 3.8) is 0 Å². The van der Waals surface area contributed by atoms with E-state index in [4.69, 9.17) is 23.2 Å². The molecule has 0 aliphatic carbocycles. The van der Waals surface area contributed by atoms with Gasteiger partial charge in [0.05, 0.1) is 11.1 Å². The fourth-order valence-corrected chi connectivity index (χ4v) is 2.55. The zero-order chi connectivity index (χ0) is 14.7. The maximum atomic E-state index is 12.4. The lowest BCUT2D eigenvalue weighted by Gasteiger charge is -2.10. The molecule has 0 bridgehead atoms. The number of carbonyl (C=O) groups is 1. The van der Waals surface area contributed by atoms with Gasteiger partial charge in [-0.05, 0) is 35.9 Å². The third kappa shape index (κ3) is 3.21. The highest BCUT2D eigenvalue weighted by atomic mass is 79.9. The van der Waals surface area contributed by atoms with Gasteiger partial charge in [0.25, 0.3) is 0 Å². The summed E-state index contributed by atoms with van der Waals surface area (Å²) < 4.78 is 0.884. The Hall–Kier alpha value is -1.34. The summed E-state index contributed by atoms with van der Waals surface area (Å²) in [6, 6.07) is 13.7. The van der Waals surface area contributed by atoms with Crippen LogP contribution in [-0.4, -0.2) is 5.78 Å². The molecule has 100 valence electrons. The van der Waals surface area contributed by atoms with Gasteiger partial charge in [0.2, 0.25) is 0 Å². The van der Waals surface area contributed by atoms with E-state index < -0.39 is 5.92 Å². The third-order valence-corrected chi connectivity index (χ3v) is 3.87. The van der Waals surface area contributed by atoms with Crippen molar-refractivity contribution >= 4 is 44.9 Å². The van der Waals surface area contributed by atoms with Gasteiger partial charge in [0, 0.05) is 15.1 Å². The van der Waals surface area contributed by atoms with Crippen LogP contribution in [-0.2, 0) is 0 Å². The summed E-state index contributed by atoms with van der Waals surface area (Å²) in [6.45, 7) is 0. The maximum Gasteiger partial charge on any atom is 0.185 e. The smallest absolute Gasteiger partial charge is 0.185 e. The molecule has 2 aromatic rings. The van der Waals surface area contributed by atoms with Crippen molar-refractivity contribution in [1.29, 1.82) is 5.26 Å². The molecule has 0 aliphatic heterocycles. The van der Waals surface area contributed by atoms with E-state index in [0.29, 0.717) is 16.1 Å². The molecule has 0 spiro atoms. The molecule has 0 saturated heterocycles. The van der Waals surface area contributed by atoms with Crippen LogP contribution in [0.1, 0.15) is 21.8 Å². The molecule has 0 fully saturated rings. The highest BCUT2D eigenvalue weighted by Crippen LogP contribution is 2.27. The summed E-state index contributed by atoms with van der Waals surface area (Å²) in [7, 11) is 0.